The lowest BCUT2D eigenvalue weighted by Gasteiger charge is -2.47. The Balaban J connectivity index is 1.96. The van der Waals surface area contributed by atoms with Gasteiger partial charge in [0.1, 0.15) is 0 Å². The van der Waals surface area contributed by atoms with Crippen LogP contribution in [0.25, 0.3) is 0 Å². The van der Waals surface area contributed by atoms with Crippen molar-refractivity contribution in [2.75, 3.05) is 0 Å². The van der Waals surface area contributed by atoms with Crippen LogP contribution in [0.4, 0.5) is 0 Å². The van der Waals surface area contributed by atoms with Gasteiger partial charge in [0.05, 0.1) is 12.0 Å². The van der Waals surface area contributed by atoms with Gasteiger partial charge in [0, 0.05) is 5.56 Å². The average Bonchev–Trinajstić information content (AvgIpc) is 2.53. The summed E-state index contributed by atoms with van der Waals surface area (Å²) in [5, 5.41) is 0. The SMILES string of the molecule is CC(C)[C@H]1C(=O)N(C(=O)c2ccccc2)[C@H]1c1ccccc1. The van der Waals surface area contributed by atoms with Crippen LogP contribution in [-0.2, 0) is 4.79 Å². The smallest absolute Gasteiger partial charge is 0.261 e. The predicted molar refractivity (Wildman–Crippen MR) is 85.1 cm³/mol. The molecule has 0 unspecified atom stereocenters. The van der Waals surface area contributed by atoms with Crippen LogP contribution in [0.5, 0.6) is 0 Å². The normalized spacial score (nSPS) is 20.9. The molecule has 3 heteroatoms. The van der Waals surface area contributed by atoms with Crippen molar-refractivity contribution in [1.29, 1.82) is 0 Å². The second-order valence-corrected chi connectivity index (χ2v) is 6.00. The molecule has 0 spiro atoms. The van der Waals surface area contributed by atoms with Crippen LogP contribution in [0.3, 0.4) is 0 Å². The molecule has 2 aromatic rings. The van der Waals surface area contributed by atoms with Crippen molar-refractivity contribution in [3.8, 4) is 0 Å². The van der Waals surface area contributed by atoms with E-state index in [1.807, 2.05) is 62.4 Å². The molecular formula is C19H19NO2. The van der Waals surface area contributed by atoms with Gasteiger partial charge in [-0.3, -0.25) is 14.5 Å². The van der Waals surface area contributed by atoms with E-state index in [2.05, 4.69) is 0 Å². The second-order valence-electron chi connectivity index (χ2n) is 6.00. The van der Waals surface area contributed by atoms with E-state index in [1.165, 1.54) is 4.90 Å². The molecule has 3 nitrogen and oxygen atoms in total. The fourth-order valence-electron chi connectivity index (χ4n) is 3.11. The molecule has 2 aromatic carbocycles. The number of carbonyl (C=O) groups excluding carboxylic acids is 2. The van der Waals surface area contributed by atoms with Gasteiger partial charge in [0.2, 0.25) is 5.91 Å². The summed E-state index contributed by atoms with van der Waals surface area (Å²) < 4.78 is 0. The van der Waals surface area contributed by atoms with Crippen molar-refractivity contribution >= 4 is 11.8 Å². The van der Waals surface area contributed by atoms with Crippen molar-refractivity contribution < 1.29 is 9.59 Å². The van der Waals surface area contributed by atoms with E-state index in [-0.39, 0.29) is 29.7 Å². The summed E-state index contributed by atoms with van der Waals surface area (Å²) in [4.78, 5) is 26.6. The molecule has 1 fully saturated rings. The monoisotopic (exact) mass is 293 g/mol. The first-order valence-electron chi connectivity index (χ1n) is 7.58. The van der Waals surface area contributed by atoms with Gasteiger partial charge < -0.3 is 0 Å². The summed E-state index contributed by atoms with van der Waals surface area (Å²) in [7, 11) is 0. The summed E-state index contributed by atoms with van der Waals surface area (Å²) in [6.07, 6.45) is 0. The highest BCUT2D eigenvalue weighted by Gasteiger charge is 2.52. The first kappa shape index (κ1) is 14.5. The Morgan fingerprint density at radius 3 is 2.05 bits per heavy atom. The Kier molecular flexibility index (Phi) is 3.80. The molecular weight excluding hydrogens is 274 g/mol. The highest BCUT2D eigenvalue weighted by atomic mass is 16.2. The third-order valence-corrected chi connectivity index (χ3v) is 4.24. The molecule has 0 bridgehead atoms. The number of hydrogen-bond donors (Lipinski definition) is 0. The van der Waals surface area contributed by atoms with Crippen molar-refractivity contribution in [3.63, 3.8) is 0 Å². The number of imide groups is 1. The lowest BCUT2D eigenvalue weighted by Crippen LogP contribution is -2.59. The Morgan fingerprint density at radius 1 is 0.955 bits per heavy atom. The third kappa shape index (κ3) is 2.33. The van der Waals surface area contributed by atoms with E-state index >= 15 is 0 Å². The number of hydrogen-bond acceptors (Lipinski definition) is 2. The molecule has 1 heterocycles. The van der Waals surface area contributed by atoms with Crippen molar-refractivity contribution in [2.45, 2.75) is 19.9 Å². The fraction of sp³-hybridized carbons (Fsp3) is 0.263. The van der Waals surface area contributed by atoms with Crippen LogP contribution in [-0.4, -0.2) is 16.7 Å². The zero-order chi connectivity index (χ0) is 15.7. The maximum Gasteiger partial charge on any atom is 0.261 e. The zero-order valence-corrected chi connectivity index (χ0v) is 12.8. The van der Waals surface area contributed by atoms with E-state index in [0.717, 1.165) is 5.56 Å². The standard InChI is InChI=1S/C19H19NO2/c1-13(2)16-17(14-9-5-3-6-10-14)20(19(16)22)18(21)15-11-7-4-8-12-15/h3-13,16-17H,1-2H3/t16-,17+/m1/s1. The zero-order valence-electron chi connectivity index (χ0n) is 12.8. The fourth-order valence-corrected chi connectivity index (χ4v) is 3.11. The molecule has 1 saturated heterocycles. The van der Waals surface area contributed by atoms with Gasteiger partial charge in [-0.15, -0.1) is 0 Å². The number of nitrogens with zero attached hydrogens (tertiary/aromatic N) is 1. The lowest BCUT2D eigenvalue weighted by molar-refractivity contribution is -0.154. The minimum Gasteiger partial charge on any atom is -0.274 e. The van der Waals surface area contributed by atoms with Gasteiger partial charge in [-0.25, -0.2) is 0 Å². The Bertz CT molecular complexity index is 679. The summed E-state index contributed by atoms with van der Waals surface area (Å²) >= 11 is 0. The van der Waals surface area contributed by atoms with Gasteiger partial charge in [0.25, 0.3) is 5.91 Å². The van der Waals surface area contributed by atoms with Crippen molar-refractivity contribution in [1.82, 2.24) is 4.90 Å². The molecule has 2 amide bonds. The number of amides is 2. The Hall–Kier alpha value is -2.42. The second kappa shape index (κ2) is 5.76. The number of β-lactam (4-membered cyclic amide) rings is 1. The molecule has 0 saturated carbocycles. The first-order chi connectivity index (χ1) is 10.6. The van der Waals surface area contributed by atoms with E-state index < -0.39 is 0 Å². The van der Waals surface area contributed by atoms with E-state index in [4.69, 9.17) is 0 Å². The minimum atomic E-state index is -0.212. The number of likely N-dealkylation sites (tertiary alicyclic amines) is 1. The highest BCUT2D eigenvalue weighted by molar-refractivity contribution is 6.09. The average molecular weight is 293 g/mol. The third-order valence-electron chi connectivity index (χ3n) is 4.24. The van der Waals surface area contributed by atoms with Gasteiger partial charge in [-0.2, -0.15) is 0 Å². The molecule has 0 N–H and O–H groups in total. The number of rotatable bonds is 3. The number of carbonyl (C=O) groups is 2. The van der Waals surface area contributed by atoms with Crippen molar-refractivity contribution in [2.24, 2.45) is 11.8 Å². The largest absolute Gasteiger partial charge is 0.274 e. The van der Waals surface area contributed by atoms with Gasteiger partial charge >= 0.3 is 0 Å². The van der Waals surface area contributed by atoms with E-state index in [0.29, 0.717) is 5.56 Å². The predicted octanol–water partition coefficient (Wildman–Crippen LogP) is 3.68. The molecule has 2 atom stereocenters. The molecule has 112 valence electrons. The molecule has 3 rings (SSSR count). The van der Waals surface area contributed by atoms with Crippen LogP contribution in [0.15, 0.2) is 60.7 Å². The summed E-state index contributed by atoms with van der Waals surface area (Å²) in [5.41, 5.74) is 1.57. The number of benzene rings is 2. The summed E-state index contributed by atoms with van der Waals surface area (Å²) in [5.74, 6) is -0.207. The van der Waals surface area contributed by atoms with E-state index in [9.17, 15) is 9.59 Å². The first-order valence-corrected chi connectivity index (χ1v) is 7.58. The van der Waals surface area contributed by atoms with Gasteiger partial charge in [-0.05, 0) is 23.6 Å². The topological polar surface area (TPSA) is 37.4 Å². The molecule has 22 heavy (non-hydrogen) atoms. The minimum absolute atomic E-state index is 0.0716. The quantitative estimate of drug-likeness (QED) is 0.639. The van der Waals surface area contributed by atoms with Gasteiger partial charge in [0.15, 0.2) is 0 Å². The molecule has 1 aliphatic heterocycles. The van der Waals surface area contributed by atoms with Crippen LogP contribution in [0, 0.1) is 11.8 Å². The van der Waals surface area contributed by atoms with Crippen LogP contribution in [0.2, 0.25) is 0 Å². The maximum absolute atomic E-state index is 12.7. The highest BCUT2D eigenvalue weighted by Crippen LogP contribution is 2.44. The Morgan fingerprint density at radius 2 is 1.50 bits per heavy atom. The van der Waals surface area contributed by atoms with Crippen molar-refractivity contribution in [3.05, 3.63) is 71.8 Å². The molecule has 0 radical (unpaired) electrons. The Labute approximate surface area is 130 Å². The summed E-state index contributed by atoms with van der Waals surface area (Å²) in [6.45, 7) is 4.06. The molecule has 0 aliphatic carbocycles. The maximum atomic E-state index is 12.7. The summed E-state index contributed by atoms with van der Waals surface area (Å²) in [6, 6.07) is 18.6. The lowest BCUT2D eigenvalue weighted by atomic mass is 9.75. The van der Waals surface area contributed by atoms with Crippen LogP contribution in [0.1, 0.15) is 35.8 Å². The van der Waals surface area contributed by atoms with Gasteiger partial charge in [-0.1, -0.05) is 62.4 Å². The molecule has 1 aliphatic rings. The van der Waals surface area contributed by atoms with Crippen LogP contribution < -0.4 is 0 Å². The van der Waals surface area contributed by atoms with E-state index in [1.54, 1.807) is 12.1 Å². The van der Waals surface area contributed by atoms with Crippen LogP contribution >= 0.6 is 0 Å². The molecule has 0 aromatic heterocycles.